The molecule has 2 aromatic carbocycles. The lowest BCUT2D eigenvalue weighted by Gasteiger charge is -2.12. The number of carbonyl (C=O) groups is 1. The molecular weight excluding hydrogens is 275 g/mol. The lowest BCUT2D eigenvalue weighted by atomic mass is 10.1. The topological polar surface area (TPSA) is 84.6 Å². The average molecular weight is 290 g/mol. The van der Waals surface area contributed by atoms with Crippen LogP contribution in [0.5, 0.6) is 11.5 Å². The second kappa shape index (κ2) is 6.71. The van der Waals surface area contributed by atoms with Gasteiger partial charge < -0.3 is 20.9 Å². The minimum Gasteiger partial charge on any atom is -0.507 e. The van der Waals surface area contributed by atoms with E-state index in [4.69, 9.17) is 10.5 Å². The number of rotatable bonds is 5. The molecule has 0 saturated heterocycles. The third-order valence-electron chi connectivity index (χ3n) is 2.72. The number of phenols is 1. The zero-order chi connectivity index (χ0) is 15.2. The van der Waals surface area contributed by atoms with Gasteiger partial charge in [-0.1, -0.05) is 12.1 Å². The summed E-state index contributed by atoms with van der Waals surface area (Å²) >= 11 is 0. The molecule has 0 heterocycles. The highest BCUT2D eigenvalue weighted by molar-refractivity contribution is 6.06. The van der Waals surface area contributed by atoms with Crippen LogP contribution in [0.3, 0.4) is 0 Å². The highest BCUT2D eigenvalue weighted by Gasteiger charge is 2.14. The third kappa shape index (κ3) is 3.70. The molecule has 2 rings (SSSR count). The predicted octanol–water partition coefficient (Wildman–Crippen LogP) is 2.12. The van der Waals surface area contributed by atoms with Gasteiger partial charge >= 0.3 is 0 Å². The molecule has 5 nitrogen and oxygen atoms in total. The molecule has 1 amide bonds. The molecule has 21 heavy (non-hydrogen) atoms. The third-order valence-corrected chi connectivity index (χ3v) is 2.72. The van der Waals surface area contributed by atoms with Crippen LogP contribution in [0.15, 0.2) is 42.5 Å². The highest BCUT2D eigenvalue weighted by atomic mass is 19.1. The number of hydrogen-bond donors (Lipinski definition) is 3. The van der Waals surface area contributed by atoms with Crippen LogP contribution in [0.25, 0.3) is 0 Å². The number of aromatic hydroxyl groups is 1. The minimum atomic E-state index is -0.615. The molecule has 0 bridgehead atoms. The van der Waals surface area contributed by atoms with Crippen LogP contribution in [-0.2, 0) is 0 Å². The van der Waals surface area contributed by atoms with Gasteiger partial charge in [-0.25, -0.2) is 4.39 Å². The van der Waals surface area contributed by atoms with Crippen molar-refractivity contribution >= 4 is 11.6 Å². The van der Waals surface area contributed by atoms with Crippen LogP contribution in [-0.4, -0.2) is 24.2 Å². The summed E-state index contributed by atoms with van der Waals surface area (Å²) in [6, 6.07) is 10.0. The molecule has 0 spiro atoms. The van der Waals surface area contributed by atoms with Gasteiger partial charge in [-0.15, -0.1) is 0 Å². The van der Waals surface area contributed by atoms with Crippen molar-refractivity contribution in [2.24, 2.45) is 5.73 Å². The molecular formula is C15H15FN2O3. The number of halogens is 1. The Bertz CT molecular complexity index is 647. The van der Waals surface area contributed by atoms with Gasteiger partial charge in [0.15, 0.2) is 0 Å². The number of amides is 1. The van der Waals surface area contributed by atoms with Gasteiger partial charge in [-0.05, 0) is 24.3 Å². The number of para-hydroxylation sites is 2. The summed E-state index contributed by atoms with van der Waals surface area (Å²) in [6.45, 7) is 0.662. The summed E-state index contributed by atoms with van der Waals surface area (Å²) in [5.74, 6) is -1.13. The fourth-order valence-corrected chi connectivity index (χ4v) is 1.75. The van der Waals surface area contributed by atoms with Gasteiger partial charge in [0.05, 0.1) is 11.3 Å². The number of hydrogen-bond acceptors (Lipinski definition) is 4. The zero-order valence-corrected chi connectivity index (χ0v) is 11.2. The predicted molar refractivity (Wildman–Crippen MR) is 77.0 cm³/mol. The lowest BCUT2D eigenvalue weighted by molar-refractivity contribution is 0.102. The molecule has 6 heteroatoms. The van der Waals surface area contributed by atoms with Gasteiger partial charge in [0.25, 0.3) is 5.91 Å². The summed E-state index contributed by atoms with van der Waals surface area (Å²) in [4.78, 5) is 12.1. The minimum absolute atomic E-state index is 0.0231. The normalized spacial score (nSPS) is 10.2. The Hall–Kier alpha value is -2.60. The Labute approximate surface area is 121 Å². The van der Waals surface area contributed by atoms with E-state index in [1.807, 2.05) is 0 Å². The molecule has 0 aliphatic heterocycles. The summed E-state index contributed by atoms with van der Waals surface area (Å²) in [5.41, 5.74) is 5.79. The van der Waals surface area contributed by atoms with Crippen molar-refractivity contribution in [2.45, 2.75) is 0 Å². The molecule has 0 saturated carbocycles. The van der Waals surface area contributed by atoms with E-state index < -0.39 is 17.5 Å². The molecule has 0 aliphatic carbocycles. The first-order valence-electron chi connectivity index (χ1n) is 6.33. The Kier molecular flexibility index (Phi) is 4.73. The van der Waals surface area contributed by atoms with Crippen molar-refractivity contribution < 1.29 is 19.0 Å². The van der Waals surface area contributed by atoms with E-state index in [-0.39, 0.29) is 5.56 Å². The number of benzene rings is 2. The van der Waals surface area contributed by atoms with Gasteiger partial charge in [-0.3, -0.25) is 4.79 Å². The molecule has 0 unspecified atom stereocenters. The maximum absolute atomic E-state index is 12.9. The highest BCUT2D eigenvalue weighted by Crippen LogP contribution is 2.26. The second-order valence-electron chi connectivity index (χ2n) is 4.25. The van der Waals surface area contributed by atoms with Crippen LogP contribution >= 0.6 is 0 Å². The number of anilines is 1. The van der Waals surface area contributed by atoms with Gasteiger partial charge in [-0.2, -0.15) is 0 Å². The van der Waals surface area contributed by atoms with Crippen molar-refractivity contribution in [3.05, 3.63) is 53.8 Å². The van der Waals surface area contributed by atoms with Crippen molar-refractivity contribution in [2.75, 3.05) is 18.5 Å². The summed E-state index contributed by atoms with van der Waals surface area (Å²) in [5, 5.41) is 12.2. The molecule has 0 fully saturated rings. The first-order chi connectivity index (χ1) is 10.1. The van der Waals surface area contributed by atoms with Crippen molar-refractivity contribution in [1.82, 2.24) is 0 Å². The Morgan fingerprint density at radius 2 is 2.05 bits per heavy atom. The SMILES string of the molecule is NCCOc1ccccc1NC(=O)c1ccc(F)cc1O. The van der Waals surface area contributed by atoms with Crippen LogP contribution in [0, 0.1) is 5.82 Å². The van der Waals surface area contributed by atoms with Gasteiger partial charge in [0.2, 0.25) is 0 Å². The quantitative estimate of drug-likeness (QED) is 0.787. The largest absolute Gasteiger partial charge is 0.507 e. The van der Waals surface area contributed by atoms with E-state index in [9.17, 15) is 14.3 Å². The maximum Gasteiger partial charge on any atom is 0.259 e. The first-order valence-corrected chi connectivity index (χ1v) is 6.33. The van der Waals surface area contributed by atoms with Crippen LogP contribution in [0.1, 0.15) is 10.4 Å². The standard InChI is InChI=1S/C15H15FN2O3/c16-10-5-6-11(13(19)9-10)15(20)18-12-3-1-2-4-14(12)21-8-7-17/h1-6,9,19H,7-8,17H2,(H,18,20). The monoisotopic (exact) mass is 290 g/mol. The van der Waals surface area contributed by atoms with E-state index >= 15 is 0 Å². The Morgan fingerprint density at radius 1 is 1.29 bits per heavy atom. The molecule has 0 atom stereocenters. The number of phenolic OH excluding ortho intramolecular Hbond substituents is 1. The van der Waals surface area contributed by atoms with E-state index in [0.717, 1.165) is 12.1 Å². The number of nitrogens with one attached hydrogen (secondary N) is 1. The van der Waals surface area contributed by atoms with E-state index in [1.54, 1.807) is 24.3 Å². The van der Waals surface area contributed by atoms with Gasteiger partial charge in [0.1, 0.15) is 23.9 Å². The maximum atomic E-state index is 12.9. The Balaban J connectivity index is 2.19. The second-order valence-corrected chi connectivity index (χ2v) is 4.25. The van der Waals surface area contributed by atoms with E-state index in [0.29, 0.717) is 24.6 Å². The molecule has 4 N–H and O–H groups in total. The van der Waals surface area contributed by atoms with Gasteiger partial charge in [0, 0.05) is 12.6 Å². The summed E-state index contributed by atoms with van der Waals surface area (Å²) < 4.78 is 18.3. The van der Waals surface area contributed by atoms with Crippen LogP contribution in [0.4, 0.5) is 10.1 Å². The van der Waals surface area contributed by atoms with E-state index in [2.05, 4.69) is 5.32 Å². The molecule has 0 aliphatic rings. The Morgan fingerprint density at radius 3 is 2.76 bits per heavy atom. The van der Waals surface area contributed by atoms with Crippen molar-refractivity contribution in [3.8, 4) is 11.5 Å². The molecule has 0 radical (unpaired) electrons. The van der Waals surface area contributed by atoms with Crippen molar-refractivity contribution in [1.29, 1.82) is 0 Å². The number of ether oxygens (including phenoxy) is 1. The van der Waals surface area contributed by atoms with Crippen LogP contribution < -0.4 is 15.8 Å². The molecule has 0 aromatic heterocycles. The fourth-order valence-electron chi connectivity index (χ4n) is 1.75. The summed E-state index contributed by atoms with van der Waals surface area (Å²) in [7, 11) is 0. The molecule has 110 valence electrons. The smallest absolute Gasteiger partial charge is 0.259 e. The zero-order valence-electron chi connectivity index (χ0n) is 11.2. The summed E-state index contributed by atoms with van der Waals surface area (Å²) in [6.07, 6.45) is 0. The van der Waals surface area contributed by atoms with Crippen LogP contribution in [0.2, 0.25) is 0 Å². The lowest BCUT2D eigenvalue weighted by Crippen LogP contribution is -2.15. The molecule has 2 aromatic rings. The van der Waals surface area contributed by atoms with E-state index in [1.165, 1.54) is 6.07 Å². The number of carbonyl (C=O) groups excluding carboxylic acids is 1. The average Bonchev–Trinajstić information content (AvgIpc) is 2.46. The first kappa shape index (κ1) is 14.8. The fraction of sp³-hybridized carbons (Fsp3) is 0.133. The number of nitrogens with two attached hydrogens (primary N) is 1. The van der Waals surface area contributed by atoms with Crippen molar-refractivity contribution in [3.63, 3.8) is 0 Å².